The highest BCUT2D eigenvalue weighted by Gasteiger charge is 2.00. The van der Waals surface area contributed by atoms with E-state index < -0.39 is 7.32 Å². The van der Waals surface area contributed by atoms with Crippen molar-refractivity contribution in [2.24, 2.45) is 0 Å². The van der Waals surface area contributed by atoms with Crippen molar-refractivity contribution in [3.63, 3.8) is 0 Å². The topological polar surface area (TPSA) is 80.8 Å². The molecule has 6 rings (SSSR count). The molecule has 0 bridgehead atoms. The summed E-state index contributed by atoms with van der Waals surface area (Å²) in [5.41, 5.74) is 4.00. The molecule has 0 saturated heterocycles. The number of hydrogen-bond donors (Lipinski definition) is 0. The minimum Gasteiger partial charge on any atom is -0.907 e. The summed E-state index contributed by atoms with van der Waals surface area (Å²) in [5, 5.41) is 25.2. The molecule has 0 spiro atoms. The van der Waals surface area contributed by atoms with Crippen LogP contribution in [0.5, 0.6) is 0 Å². The predicted molar refractivity (Wildman–Crippen MR) is 162 cm³/mol. The number of aromatic nitrogens is 3. The van der Waals surface area contributed by atoms with Crippen LogP contribution in [-0.4, -0.2) is 7.32 Å². The summed E-state index contributed by atoms with van der Waals surface area (Å²) >= 11 is 0. The van der Waals surface area contributed by atoms with E-state index in [0.29, 0.717) is 0 Å². The first-order valence-corrected chi connectivity index (χ1v) is 14.0. The summed E-state index contributed by atoms with van der Waals surface area (Å²) in [6.07, 6.45) is 12.5. The zero-order chi connectivity index (χ0) is 30.4. The van der Waals surface area contributed by atoms with Crippen LogP contribution in [0, 0.1) is 0 Å². The summed E-state index contributed by atoms with van der Waals surface area (Å²) in [6.45, 7) is 2.84. The van der Waals surface area contributed by atoms with E-state index in [1.165, 1.54) is 16.7 Å². The average molecular weight is 570 g/mol. The molecule has 6 aromatic rings. The Kier molecular flexibility index (Phi) is 15.2. The molecule has 216 valence electrons. The van der Waals surface area contributed by atoms with Crippen LogP contribution in [0.1, 0.15) is 16.7 Å². The highest BCUT2D eigenvalue weighted by atomic mass is 16.5. The van der Waals surface area contributed by atoms with E-state index >= 15 is 0 Å². The lowest BCUT2D eigenvalue weighted by Crippen LogP contribution is -2.56. The summed E-state index contributed by atoms with van der Waals surface area (Å²) < 4.78 is 6.49. The van der Waals surface area contributed by atoms with Gasteiger partial charge in [-0.3, -0.25) is 7.32 Å². The first-order chi connectivity index (χ1) is 21.1. The van der Waals surface area contributed by atoms with E-state index in [-0.39, 0.29) is 0 Å². The van der Waals surface area contributed by atoms with Crippen molar-refractivity contribution in [2.45, 2.75) is 19.6 Å². The Balaban J connectivity index is 0.000000166. The zero-order valence-corrected chi connectivity index (χ0v) is 24.1. The van der Waals surface area contributed by atoms with Crippen molar-refractivity contribution in [2.75, 3.05) is 0 Å². The Morgan fingerprint density at radius 3 is 0.721 bits per heavy atom. The molecule has 3 aromatic carbocycles. The Morgan fingerprint density at radius 2 is 0.512 bits per heavy atom. The van der Waals surface area contributed by atoms with Crippen LogP contribution in [0.3, 0.4) is 0 Å². The molecule has 0 aliphatic rings. The van der Waals surface area contributed by atoms with Crippen molar-refractivity contribution >= 4 is 7.32 Å². The Bertz CT molecular complexity index is 1200. The van der Waals surface area contributed by atoms with Crippen LogP contribution in [0.2, 0.25) is 0 Å². The Labute approximate surface area is 254 Å². The van der Waals surface area contributed by atoms with Crippen molar-refractivity contribution in [3.8, 4) is 0 Å². The normalized spacial score (nSPS) is 9.56. The molecule has 3 aromatic heterocycles. The number of benzene rings is 3. The SMILES string of the molecule is [O-]B([O-])[O-].c1ccc(C[n+]2ccccc2)cc1.c1ccc(C[n+]2ccccc2)cc1.c1ccc(C[n+]2ccccc2)cc1. The molecule has 0 unspecified atom stereocenters. The third-order valence-electron chi connectivity index (χ3n) is 5.96. The molecule has 0 fully saturated rings. The second-order valence-corrected chi connectivity index (χ2v) is 9.39. The van der Waals surface area contributed by atoms with Gasteiger partial charge in [0, 0.05) is 53.1 Å². The van der Waals surface area contributed by atoms with Crippen molar-refractivity contribution in [3.05, 3.63) is 199 Å². The van der Waals surface area contributed by atoms with Gasteiger partial charge in [-0.25, -0.2) is 13.7 Å². The molecule has 6 nitrogen and oxygen atoms in total. The molecule has 0 saturated carbocycles. The molecule has 3 heterocycles. The third kappa shape index (κ3) is 15.0. The highest BCUT2D eigenvalue weighted by molar-refractivity contribution is 6.24. The van der Waals surface area contributed by atoms with Gasteiger partial charge in [0.15, 0.2) is 56.8 Å². The van der Waals surface area contributed by atoms with E-state index in [4.69, 9.17) is 15.1 Å². The summed E-state index contributed by atoms with van der Waals surface area (Å²) in [6, 6.07) is 49.7. The van der Waals surface area contributed by atoms with Gasteiger partial charge in [-0.05, 0) is 0 Å². The standard InChI is InChI=1S/3C12H12N.BO3/c3*1-3-7-12(8-4-1)11-13-9-5-2-6-10-13;2-1(3)4/h3*1-10H,11H2;/q3*+1;-3. The lowest BCUT2D eigenvalue weighted by Gasteiger charge is -2.35. The third-order valence-corrected chi connectivity index (χ3v) is 5.96. The summed E-state index contributed by atoms with van der Waals surface area (Å²) in [4.78, 5) is 0. The number of pyridine rings is 3. The predicted octanol–water partition coefficient (Wildman–Crippen LogP) is 2.12. The van der Waals surface area contributed by atoms with Gasteiger partial charge in [0.05, 0.1) is 0 Å². The minimum absolute atomic E-state index is 0.946. The van der Waals surface area contributed by atoms with Gasteiger partial charge in [0.1, 0.15) is 0 Å². The lowest BCUT2D eigenvalue weighted by atomic mass is 10.2. The fourth-order valence-corrected chi connectivity index (χ4v) is 4.00. The van der Waals surface area contributed by atoms with Crippen LogP contribution in [0.25, 0.3) is 0 Å². The first-order valence-electron chi connectivity index (χ1n) is 14.0. The second kappa shape index (κ2) is 20.0. The summed E-state index contributed by atoms with van der Waals surface area (Å²) in [7, 11) is -2.92. The number of rotatable bonds is 6. The van der Waals surface area contributed by atoms with Crippen LogP contribution in [0.4, 0.5) is 0 Å². The lowest BCUT2D eigenvalue weighted by molar-refractivity contribution is -0.688. The molecule has 0 amide bonds. The molecule has 0 aliphatic carbocycles. The Morgan fingerprint density at radius 1 is 0.326 bits per heavy atom. The monoisotopic (exact) mass is 569 g/mol. The van der Waals surface area contributed by atoms with Crippen LogP contribution >= 0.6 is 0 Å². The molecular formula is C36H36BN3O3. The average Bonchev–Trinajstić information content (AvgIpc) is 3.05. The van der Waals surface area contributed by atoms with Crippen LogP contribution in [-0.2, 0) is 19.6 Å². The van der Waals surface area contributed by atoms with Crippen LogP contribution < -0.4 is 28.8 Å². The second-order valence-electron chi connectivity index (χ2n) is 9.39. The molecule has 0 N–H and O–H groups in total. The van der Waals surface area contributed by atoms with Gasteiger partial charge in [-0.2, -0.15) is 0 Å². The van der Waals surface area contributed by atoms with Crippen LogP contribution in [0.15, 0.2) is 183 Å². The van der Waals surface area contributed by atoms with Crippen molar-refractivity contribution in [1.82, 2.24) is 0 Å². The smallest absolute Gasteiger partial charge is 0.173 e. The molecule has 0 aliphatic heterocycles. The number of hydrogen-bond acceptors (Lipinski definition) is 3. The van der Waals surface area contributed by atoms with Gasteiger partial charge in [-0.15, -0.1) is 0 Å². The molecule has 43 heavy (non-hydrogen) atoms. The maximum atomic E-state index is 8.42. The maximum absolute atomic E-state index is 8.42. The fourth-order valence-electron chi connectivity index (χ4n) is 4.00. The molecule has 7 heteroatoms. The fraction of sp³-hybridized carbons (Fsp3) is 0.0833. The largest absolute Gasteiger partial charge is 0.907 e. The maximum Gasteiger partial charge on any atom is 0.173 e. The number of nitrogens with zero attached hydrogens (tertiary/aromatic N) is 3. The van der Waals surface area contributed by atoms with E-state index in [9.17, 15) is 0 Å². The summed E-state index contributed by atoms with van der Waals surface area (Å²) in [5.74, 6) is 0. The first kappa shape index (κ1) is 32.6. The van der Waals surface area contributed by atoms with Crippen molar-refractivity contribution in [1.29, 1.82) is 0 Å². The molecule has 0 radical (unpaired) electrons. The minimum atomic E-state index is -2.92. The van der Waals surface area contributed by atoms with Gasteiger partial charge >= 0.3 is 0 Å². The van der Waals surface area contributed by atoms with Gasteiger partial charge in [0.2, 0.25) is 0 Å². The Hall–Kier alpha value is -4.95. The van der Waals surface area contributed by atoms with Gasteiger partial charge in [-0.1, -0.05) is 109 Å². The van der Waals surface area contributed by atoms with E-state index in [1.807, 2.05) is 72.8 Å². The molecule has 0 atom stereocenters. The van der Waals surface area contributed by atoms with Gasteiger partial charge in [0.25, 0.3) is 0 Å². The van der Waals surface area contributed by atoms with E-state index in [1.54, 1.807) is 0 Å². The zero-order valence-electron chi connectivity index (χ0n) is 24.1. The van der Waals surface area contributed by atoms with Crippen molar-refractivity contribution < 1.29 is 28.8 Å². The van der Waals surface area contributed by atoms with Gasteiger partial charge < -0.3 is 15.1 Å². The quantitative estimate of drug-likeness (QED) is 0.228. The highest BCUT2D eigenvalue weighted by Crippen LogP contribution is 1.98. The molecular weight excluding hydrogens is 533 g/mol. The van der Waals surface area contributed by atoms with E-state index in [0.717, 1.165) is 19.6 Å². The van der Waals surface area contributed by atoms with E-state index in [2.05, 4.69) is 124 Å².